The molecule has 1 aromatic carbocycles. The number of ether oxygens (including phenoxy) is 1. The Morgan fingerprint density at radius 2 is 2.05 bits per heavy atom. The number of hydrogen-bond donors (Lipinski definition) is 1. The van der Waals surface area contributed by atoms with Crippen molar-refractivity contribution >= 4 is 17.6 Å². The first-order valence-electron chi connectivity index (χ1n) is 5.42. The smallest absolute Gasteiger partial charge is 0.354 e. The summed E-state index contributed by atoms with van der Waals surface area (Å²) >= 11 is 6.02. The van der Waals surface area contributed by atoms with Gasteiger partial charge in [0.05, 0.1) is 12.8 Å². The van der Waals surface area contributed by atoms with E-state index in [1.807, 2.05) is 6.92 Å². The highest BCUT2D eigenvalue weighted by atomic mass is 35.5. The summed E-state index contributed by atoms with van der Waals surface area (Å²) < 4.78 is 5.32. The molecule has 0 atom stereocenters. The molecule has 19 heavy (non-hydrogen) atoms. The molecule has 0 bridgehead atoms. The van der Waals surface area contributed by atoms with Gasteiger partial charge in [0, 0.05) is 10.6 Å². The fraction of sp³-hybridized carbons (Fsp3) is 0.154. The monoisotopic (exact) mass is 278 g/mol. The fourth-order valence-corrected chi connectivity index (χ4v) is 2.09. The van der Waals surface area contributed by atoms with Crippen molar-refractivity contribution in [1.82, 2.24) is 9.97 Å². The fourth-order valence-electron chi connectivity index (χ4n) is 1.81. The number of hydrogen-bond acceptors (Lipinski definition) is 4. The summed E-state index contributed by atoms with van der Waals surface area (Å²) in [5.41, 5.74) is 1.86. The molecule has 0 aliphatic carbocycles. The van der Waals surface area contributed by atoms with Crippen LogP contribution in [-0.2, 0) is 0 Å². The van der Waals surface area contributed by atoms with Crippen LogP contribution < -0.4 is 4.74 Å². The number of benzene rings is 1. The van der Waals surface area contributed by atoms with Crippen molar-refractivity contribution in [2.24, 2.45) is 0 Å². The first-order valence-corrected chi connectivity index (χ1v) is 5.80. The van der Waals surface area contributed by atoms with Gasteiger partial charge in [0.1, 0.15) is 12.1 Å². The van der Waals surface area contributed by atoms with Gasteiger partial charge in [0.15, 0.2) is 5.69 Å². The van der Waals surface area contributed by atoms with E-state index in [0.29, 0.717) is 22.0 Å². The second-order valence-corrected chi connectivity index (χ2v) is 4.33. The third-order valence-corrected chi connectivity index (χ3v) is 2.82. The molecule has 0 aliphatic heterocycles. The number of carboxylic acids is 1. The molecule has 2 aromatic rings. The Morgan fingerprint density at radius 1 is 1.32 bits per heavy atom. The van der Waals surface area contributed by atoms with E-state index in [4.69, 9.17) is 21.4 Å². The zero-order chi connectivity index (χ0) is 14.0. The summed E-state index contributed by atoms with van der Waals surface area (Å²) in [5.74, 6) is -0.499. The number of aromatic carboxylic acids is 1. The Balaban J connectivity index is 2.64. The SMILES string of the molecule is COc1c(C)cc(Cl)cc1-c1cc(C(=O)O)ncn1. The second-order valence-electron chi connectivity index (χ2n) is 3.90. The van der Waals surface area contributed by atoms with Gasteiger partial charge < -0.3 is 9.84 Å². The van der Waals surface area contributed by atoms with Gasteiger partial charge in [-0.25, -0.2) is 14.8 Å². The lowest BCUT2D eigenvalue weighted by Crippen LogP contribution is -2.02. The summed E-state index contributed by atoms with van der Waals surface area (Å²) in [4.78, 5) is 18.7. The maximum Gasteiger partial charge on any atom is 0.354 e. The van der Waals surface area contributed by atoms with Crippen molar-refractivity contribution < 1.29 is 14.6 Å². The average molecular weight is 279 g/mol. The van der Waals surface area contributed by atoms with E-state index in [1.165, 1.54) is 12.4 Å². The number of methoxy groups -OCH3 is 1. The number of carbonyl (C=O) groups is 1. The Bertz CT molecular complexity index is 644. The van der Waals surface area contributed by atoms with E-state index in [0.717, 1.165) is 5.56 Å². The van der Waals surface area contributed by atoms with E-state index >= 15 is 0 Å². The maximum atomic E-state index is 10.9. The molecule has 1 aromatic heterocycles. The number of carboxylic acid groups (broad SMARTS) is 1. The lowest BCUT2D eigenvalue weighted by molar-refractivity contribution is 0.0690. The van der Waals surface area contributed by atoms with Crippen LogP contribution in [0.15, 0.2) is 24.5 Å². The van der Waals surface area contributed by atoms with Gasteiger partial charge in [-0.2, -0.15) is 0 Å². The predicted molar refractivity (Wildman–Crippen MR) is 70.7 cm³/mol. The molecule has 0 fully saturated rings. The van der Waals surface area contributed by atoms with Crippen LogP contribution in [0.4, 0.5) is 0 Å². The van der Waals surface area contributed by atoms with Crippen LogP contribution in [-0.4, -0.2) is 28.2 Å². The largest absolute Gasteiger partial charge is 0.496 e. The topological polar surface area (TPSA) is 72.3 Å². The first-order chi connectivity index (χ1) is 9.02. The normalized spacial score (nSPS) is 10.3. The van der Waals surface area contributed by atoms with Crippen molar-refractivity contribution in [1.29, 1.82) is 0 Å². The van der Waals surface area contributed by atoms with Crippen molar-refractivity contribution in [3.8, 4) is 17.0 Å². The van der Waals surface area contributed by atoms with E-state index in [9.17, 15) is 4.79 Å². The van der Waals surface area contributed by atoms with Gasteiger partial charge in [0.2, 0.25) is 0 Å². The highest BCUT2D eigenvalue weighted by Gasteiger charge is 2.14. The van der Waals surface area contributed by atoms with Gasteiger partial charge in [0.25, 0.3) is 0 Å². The van der Waals surface area contributed by atoms with E-state index in [2.05, 4.69) is 9.97 Å². The van der Waals surface area contributed by atoms with Crippen LogP contribution in [0.3, 0.4) is 0 Å². The number of rotatable bonds is 3. The van der Waals surface area contributed by atoms with Crippen LogP contribution in [0.1, 0.15) is 16.1 Å². The number of halogens is 1. The zero-order valence-corrected chi connectivity index (χ0v) is 11.1. The van der Waals surface area contributed by atoms with Crippen LogP contribution in [0, 0.1) is 6.92 Å². The minimum atomic E-state index is -1.11. The van der Waals surface area contributed by atoms with E-state index in [-0.39, 0.29) is 5.69 Å². The summed E-state index contributed by atoms with van der Waals surface area (Å²) in [6.07, 6.45) is 1.20. The lowest BCUT2D eigenvalue weighted by Gasteiger charge is -2.11. The average Bonchev–Trinajstić information content (AvgIpc) is 2.38. The van der Waals surface area contributed by atoms with Gasteiger partial charge in [-0.15, -0.1) is 0 Å². The minimum Gasteiger partial charge on any atom is -0.496 e. The highest BCUT2D eigenvalue weighted by Crippen LogP contribution is 2.34. The molecular weight excluding hydrogens is 268 g/mol. The van der Waals surface area contributed by atoms with Crippen molar-refractivity contribution in [3.63, 3.8) is 0 Å². The molecule has 0 amide bonds. The Hall–Kier alpha value is -2.14. The second kappa shape index (κ2) is 5.24. The third-order valence-electron chi connectivity index (χ3n) is 2.61. The third kappa shape index (κ3) is 2.66. The van der Waals surface area contributed by atoms with Crippen molar-refractivity contribution in [3.05, 3.63) is 40.8 Å². The Morgan fingerprint density at radius 3 is 2.68 bits per heavy atom. The molecule has 0 unspecified atom stereocenters. The molecule has 0 saturated carbocycles. The Kier molecular flexibility index (Phi) is 3.66. The molecule has 0 spiro atoms. The summed E-state index contributed by atoms with van der Waals surface area (Å²) in [6.45, 7) is 1.85. The maximum absolute atomic E-state index is 10.9. The summed E-state index contributed by atoms with van der Waals surface area (Å²) in [7, 11) is 1.54. The molecule has 98 valence electrons. The molecule has 0 saturated heterocycles. The van der Waals surface area contributed by atoms with Crippen molar-refractivity contribution in [2.45, 2.75) is 6.92 Å². The minimum absolute atomic E-state index is 0.0790. The predicted octanol–water partition coefficient (Wildman–Crippen LogP) is 2.81. The van der Waals surface area contributed by atoms with E-state index < -0.39 is 5.97 Å². The standard InChI is InChI=1S/C13H11ClN2O3/c1-7-3-8(14)4-9(12(7)19-2)10-5-11(13(17)18)16-6-15-10/h3-6H,1-2H3,(H,17,18). The first kappa shape index (κ1) is 13.3. The number of aromatic nitrogens is 2. The molecule has 1 heterocycles. The van der Waals surface area contributed by atoms with Crippen LogP contribution in [0.5, 0.6) is 5.75 Å². The van der Waals surface area contributed by atoms with Crippen LogP contribution in [0.25, 0.3) is 11.3 Å². The van der Waals surface area contributed by atoms with Gasteiger partial charge in [-0.05, 0) is 30.7 Å². The highest BCUT2D eigenvalue weighted by molar-refractivity contribution is 6.31. The van der Waals surface area contributed by atoms with Gasteiger partial charge >= 0.3 is 5.97 Å². The molecule has 1 N–H and O–H groups in total. The number of nitrogens with zero attached hydrogens (tertiary/aromatic N) is 2. The van der Waals surface area contributed by atoms with Crippen molar-refractivity contribution in [2.75, 3.05) is 7.11 Å². The summed E-state index contributed by atoms with van der Waals surface area (Å²) in [6, 6.07) is 4.83. The molecule has 0 radical (unpaired) electrons. The molecule has 0 aliphatic rings. The molecule has 5 nitrogen and oxygen atoms in total. The quantitative estimate of drug-likeness (QED) is 0.934. The van der Waals surface area contributed by atoms with Gasteiger partial charge in [-0.1, -0.05) is 11.6 Å². The number of aryl methyl sites for hydroxylation is 1. The molecule has 2 rings (SSSR count). The Labute approximate surface area is 114 Å². The molecular formula is C13H11ClN2O3. The van der Waals surface area contributed by atoms with Gasteiger partial charge in [-0.3, -0.25) is 0 Å². The van der Waals surface area contributed by atoms with Crippen LogP contribution in [0.2, 0.25) is 5.02 Å². The zero-order valence-electron chi connectivity index (χ0n) is 10.3. The summed E-state index contributed by atoms with van der Waals surface area (Å²) in [5, 5.41) is 9.48. The lowest BCUT2D eigenvalue weighted by atomic mass is 10.1. The van der Waals surface area contributed by atoms with E-state index in [1.54, 1.807) is 19.2 Å². The van der Waals surface area contributed by atoms with Crippen LogP contribution >= 0.6 is 11.6 Å². The molecule has 6 heteroatoms.